The van der Waals surface area contributed by atoms with Gasteiger partial charge in [-0.15, -0.1) is 0 Å². The van der Waals surface area contributed by atoms with Gasteiger partial charge >= 0.3 is 5.97 Å². The third kappa shape index (κ3) is 4.81. The molecule has 0 saturated carbocycles. The van der Waals surface area contributed by atoms with E-state index in [4.69, 9.17) is 17.0 Å². The molecule has 0 aliphatic carbocycles. The standard InChI is InChI=1S/C28H25N5O3S/c1-18(34)30-20-11-13-21(14-12-20)33-26(25(31-28(33)37)23-9-3-4-15-29-23)24-10-6-16-32(24)22-8-5-7-19(17-22)27(35)36-2/h3-17,25-26H,1-2H3,(H,30,34)(H,31,37). The first kappa shape index (κ1) is 24.2. The molecular formula is C28H25N5O3S. The topological polar surface area (TPSA) is 88.5 Å². The van der Waals surface area contributed by atoms with Gasteiger partial charge in [0.2, 0.25) is 5.91 Å². The Labute approximate surface area is 219 Å². The summed E-state index contributed by atoms with van der Waals surface area (Å²) in [4.78, 5) is 30.3. The molecule has 0 radical (unpaired) electrons. The van der Waals surface area contributed by atoms with Crippen LogP contribution in [0, 0.1) is 0 Å². The van der Waals surface area contributed by atoms with Crippen molar-refractivity contribution >= 4 is 40.6 Å². The zero-order valence-electron chi connectivity index (χ0n) is 20.3. The van der Waals surface area contributed by atoms with Crippen LogP contribution in [0.1, 0.15) is 40.8 Å². The molecule has 2 aromatic carbocycles. The van der Waals surface area contributed by atoms with Crippen LogP contribution in [0.4, 0.5) is 11.4 Å². The minimum absolute atomic E-state index is 0.133. The average molecular weight is 512 g/mol. The lowest BCUT2D eigenvalue weighted by atomic mass is 10.0. The second kappa shape index (κ2) is 10.2. The summed E-state index contributed by atoms with van der Waals surface area (Å²) in [7, 11) is 1.37. The van der Waals surface area contributed by atoms with Crippen molar-refractivity contribution in [2.24, 2.45) is 0 Å². The molecule has 0 bridgehead atoms. The average Bonchev–Trinajstić information content (AvgIpc) is 3.53. The summed E-state index contributed by atoms with van der Waals surface area (Å²) in [6, 6.07) is 24.2. The number of thiocarbonyl (C=S) groups is 1. The van der Waals surface area contributed by atoms with Gasteiger partial charge in [0.25, 0.3) is 0 Å². The van der Waals surface area contributed by atoms with E-state index in [1.165, 1.54) is 14.0 Å². The molecule has 2 atom stereocenters. The third-order valence-corrected chi connectivity index (χ3v) is 6.51. The highest BCUT2D eigenvalue weighted by Gasteiger charge is 2.42. The summed E-state index contributed by atoms with van der Waals surface area (Å²) >= 11 is 5.83. The molecule has 9 heteroatoms. The van der Waals surface area contributed by atoms with Crippen LogP contribution >= 0.6 is 12.2 Å². The minimum atomic E-state index is -0.397. The Morgan fingerprint density at radius 1 is 1.00 bits per heavy atom. The first-order valence-electron chi connectivity index (χ1n) is 11.7. The lowest BCUT2D eigenvalue weighted by Crippen LogP contribution is -2.30. The third-order valence-electron chi connectivity index (χ3n) is 6.19. The van der Waals surface area contributed by atoms with Crippen molar-refractivity contribution in [1.29, 1.82) is 0 Å². The molecule has 2 unspecified atom stereocenters. The Kier molecular flexibility index (Phi) is 6.70. The molecule has 3 heterocycles. The highest BCUT2D eigenvalue weighted by molar-refractivity contribution is 7.80. The van der Waals surface area contributed by atoms with Crippen LogP contribution in [-0.4, -0.2) is 33.6 Å². The first-order chi connectivity index (χ1) is 18.0. The number of nitrogens with zero attached hydrogens (tertiary/aromatic N) is 3. The summed E-state index contributed by atoms with van der Waals surface area (Å²) in [5, 5.41) is 6.82. The Hall–Kier alpha value is -4.50. The smallest absolute Gasteiger partial charge is 0.337 e. The van der Waals surface area contributed by atoms with Crippen molar-refractivity contribution in [3.63, 3.8) is 0 Å². The fourth-order valence-corrected chi connectivity index (χ4v) is 4.96. The molecule has 8 nitrogen and oxygen atoms in total. The van der Waals surface area contributed by atoms with E-state index in [1.54, 1.807) is 18.3 Å². The summed E-state index contributed by atoms with van der Waals surface area (Å²) in [6.45, 7) is 1.48. The Bertz CT molecular complexity index is 1450. The second-order valence-electron chi connectivity index (χ2n) is 8.57. The number of pyridine rings is 1. The van der Waals surface area contributed by atoms with Gasteiger partial charge < -0.3 is 24.8 Å². The van der Waals surface area contributed by atoms with Gasteiger partial charge in [0.15, 0.2) is 5.11 Å². The van der Waals surface area contributed by atoms with E-state index in [0.29, 0.717) is 16.4 Å². The quantitative estimate of drug-likeness (QED) is 0.284. The Morgan fingerprint density at radius 2 is 1.81 bits per heavy atom. The summed E-state index contributed by atoms with van der Waals surface area (Å²) in [5.74, 6) is -0.530. The predicted molar refractivity (Wildman–Crippen MR) is 146 cm³/mol. The van der Waals surface area contributed by atoms with Crippen LogP contribution in [0.5, 0.6) is 0 Å². The summed E-state index contributed by atoms with van der Waals surface area (Å²) in [5.41, 5.74) is 4.66. The molecule has 4 aromatic rings. The maximum atomic E-state index is 12.2. The predicted octanol–water partition coefficient (Wildman–Crippen LogP) is 4.79. The number of nitrogens with one attached hydrogen (secondary N) is 2. The lowest BCUT2D eigenvalue weighted by molar-refractivity contribution is -0.114. The number of anilines is 2. The molecule has 2 aromatic heterocycles. The Morgan fingerprint density at radius 3 is 2.51 bits per heavy atom. The summed E-state index contributed by atoms with van der Waals surface area (Å²) < 4.78 is 6.96. The van der Waals surface area contributed by atoms with E-state index in [1.807, 2.05) is 77.5 Å². The van der Waals surface area contributed by atoms with E-state index in [-0.39, 0.29) is 18.0 Å². The van der Waals surface area contributed by atoms with Crippen molar-refractivity contribution in [2.75, 3.05) is 17.3 Å². The summed E-state index contributed by atoms with van der Waals surface area (Å²) in [6.07, 6.45) is 3.72. The van der Waals surface area contributed by atoms with E-state index in [9.17, 15) is 9.59 Å². The van der Waals surface area contributed by atoms with Crippen molar-refractivity contribution in [2.45, 2.75) is 19.0 Å². The Balaban J connectivity index is 1.61. The van der Waals surface area contributed by atoms with Gasteiger partial charge in [0.1, 0.15) is 6.04 Å². The number of esters is 1. The number of benzene rings is 2. The number of amides is 1. The van der Waals surface area contributed by atoms with Crippen molar-refractivity contribution in [1.82, 2.24) is 14.9 Å². The van der Waals surface area contributed by atoms with Crippen LogP contribution in [-0.2, 0) is 9.53 Å². The van der Waals surface area contributed by atoms with E-state index >= 15 is 0 Å². The number of hydrogen-bond acceptors (Lipinski definition) is 5. The van der Waals surface area contributed by atoms with Crippen LogP contribution in [0.2, 0.25) is 0 Å². The number of rotatable bonds is 6. The molecule has 186 valence electrons. The number of carbonyl (C=O) groups is 2. The zero-order chi connectivity index (χ0) is 25.9. The number of methoxy groups -OCH3 is 1. The SMILES string of the molecule is COC(=O)c1cccc(-n2cccc2C2C(c3ccccn3)NC(=S)N2c2ccc(NC(C)=O)cc2)c1. The fourth-order valence-electron chi connectivity index (χ4n) is 4.61. The normalized spacial score (nSPS) is 16.8. The van der Waals surface area contributed by atoms with Crippen LogP contribution in [0.15, 0.2) is 91.3 Å². The highest BCUT2D eigenvalue weighted by atomic mass is 32.1. The molecule has 37 heavy (non-hydrogen) atoms. The van der Waals surface area contributed by atoms with Gasteiger partial charge in [-0.25, -0.2) is 4.79 Å². The van der Waals surface area contributed by atoms with Crippen LogP contribution in [0.3, 0.4) is 0 Å². The first-order valence-corrected chi connectivity index (χ1v) is 12.1. The number of aromatic nitrogens is 2. The maximum absolute atomic E-state index is 12.2. The molecule has 1 aliphatic rings. The zero-order valence-corrected chi connectivity index (χ0v) is 21.1. The molecule has 2 N–H and O–H groups in total. The number of ether oxygens (including phenoxy) is 1. The molecule has 1 saturated heterocycles. The monoisotopic (exact) mass is 511 g/mol. The minimum Gasteiger partial charge on any atom is -0.465 e. The molecule has 5 rings (SSSR count). The maximum Gasteiger partial charge on any atom is 0.337 e. The van der Waals surface area contributed by atoms with Gasteiger partial charge in [0, 0.05) is 42.1 Å². The van der Waals surface area contributed by atoms with E-state index < -0.39 is 5.97 Å². The van der Waals surface area contributed by atoms with Gasteiger partial charge in [-0.3, -0.25) is 9.78 Å². The number of carbonyl (C=O) groups excluding carboxylic acids is 2. The molecule has 1 aliphatic heterocycles. The van der Waals surface area contributed by atoms with Gasteiger partial charge in [-0.1, -0.05) is 12.1 Å². The molecule has 1 amide bonds. The second-order valence-corrected chi connectivity index (χ2v) is 8.96. The molecule has 1 fully saturated rings. The van der Waals surface area contributed by atoms with Crippen LogP contribution in [0.25, 0.3) is 5.69 Å². The van der Waals surface area contributed by atoms with E-state index in [2.05, 4.69) is 20.5 Å². The van der Waals surface area contributed by atoms with Crippen LogP contribution < -0.4 is 15.5 Å². The highest BCUT2D eigenvalue weighted by Crippen LogP contribution is 2.42. The number of hydrogen-bond donors (Lipinski definition) is 2. The van der Waals surface area contributed by atoms with Gasteiger partial charge in [-0.05, 0) is 78.9 Å². The van der Waals surface area contributed by atoms with Gasteiger partial charge in [0.05, 0.1) is 24.4 Å². The lowest BCUT2D eigenvalue weighted by Gasteiger charge is -2.29. The van der Waals surface area contributed by atoms with Crippen molar-refractivity contribution < 1.29 is 14.3 Å². The van der Waals surface area contributed by atoms with Gasteiger partial charge in [-0.2, -0.15) is 0 Å². The van der Waals surface area contributed by atoms with Crippen molar-refractivity contribution in [3.8, 4) is 5.69 Å². The largest absolute Gasteiger partial charge is 0.465 e. The molecule has 0 spiro atoms. The molecular weight excluding hydrogens is 486 g/mol. The van der Waals surface area contributed by atoms with Crippen molar-refractivity contribution in [3.05, 3.63) is 108 Å². The van der Waals surface area contributed by atoms with E-state index in [0.717, 1.165) is 22.8 Å². The fraction of sp³-hybridized carbons (Fsp3) is 0.143.